The zero-order valence-corrected chi connectivity index (χ0v) is 15.9. The highest BCUT2D eigenvalue weighted by atomic mass is 16.5. The van der Waals surface area contributed by atoms with Gasteiger partial charge in [-0.1, -0.05) is 12.1 Å². The Morgan fingerprint density at radius 1 is 1.25 bits per heavy atom. The first-order chi connectivity index (χ1) is 13.6. The number of methoxy groups -OCH3 is 1. The molecule has 0 saturated carbocycles. The van der Waals surface area contributed by atoms with Crippen LogP contribution in [0.1, 0.15) is 28.6 Å². The number of esters is 1. The number of hydrogen-bond donors (Lipinski definition) is 1. The normalized spacial score (nSPS) is 10.8. The summed E-state index contributed by atoms with van der Waals surface area (Å²) in [6, 6.07) is 7.79. The maximum atomic E-state index is 11.7. The van der Waals surface area contributed by atoms with Gasteiger partial charge in [-0.25, -0.2) is 9.78 Å². The van der Waals surface area contributed by atoms with E-state index in [1.54, 1.807) is 24.1 Å². The average Bonchev–Trinajstić information content (AvgIpc) is 3.37. The average molecular weight is 385 g/mol. The maximum Gasteiger partial charge on any atom is 0.360 e. The van der Waals surface area contributed by atoms with Crippen molar-refractivity contribution in [3.8, 4) is 5.69 Å². The molecule has 0 unspecified atom stereocenters. The number of rotatable bonds is 9. The van der Waals surface area contributed by atoms with Gasteiger partial charge in [-0.3, -0.25) is 0 Å². The van der Waals surface area contributed by atoms with Crippen molar-refractivity contribution in [3.05, 3.63) is 54.0 Å². The lowest BCUT2D eigenvalue weighted by atomic mass is 10.2. The second kappa shape index (κ2) is 9.14. The Morgan fingerprint density at radius 3 is 2.71 bits per heavy atom. The van der Waals surface area contributed by atoms with Gasteiger partial charge in [0.05, 0.1) is 25.2 Å². The molecule has 3 aromatic rings. The number of oxazole rings is 1. The van der Waals surface area contributed by atoms with Crippen molar-refractivity contribution in [2.75, 3.05) is 31.7 Å². The summed E-state index contributed by atoms with van der Waals surface area (Å²) in [5, 5.41) is 17.7. The third-order valence-electron chi connectivity index (χ3n) is 4.26. The van der Waals surface area contributed by atoms with E-state index in [-0.39, 0.29) is 12.3 Å². The minimum absolute atomic E-state index is 0.0866. The van der Waals surface area contributed by atoms with E-state index in [9.17, 15) is 9.90 Å². The number of carbonyl (C=O) groups excluding carboxylic acids is 1. The van der Waals surface area contributed by atoms with Crippen LogP contribution >= 0.6 is 0 Å². The molecule has 0 bridgehead atoms. The van der Waals surface area contributed by atoms with Gasteiger partial charge in [-0.15, -0.1) is 4.80 Å². The van der Waals surface area contributed by atoms with Crippen molar-refractivity contribution in [2.24, 2.45) is 0 Å². The highest BCUT2D eigenvalue weighted by Gasteiger charge is 2.19. The van der Waals surface area contributed by atoms with Crippen molar-refractivity contribution < 1.29 is 19.1 Å². The summed E-state index contributed by atoms with van der Waals surface area (Å²) < 4.78 is 10.3. The van der Waals surface area contributed by atoms with E-state index in [4.69, 9.17) is 9.15 Å². The number of hydrogen-bond acceptors (Lipinski definition) is 8. The summed E-state index contributed by atoms with van der Waals surface area (Å²) in [5.74, 6) is 0.381. The molecule has 0 aliphatic heterocycles. The van der Waals surface area contributed by atoms with Crippen molar-refractivity contribution in [3.63, 3.8) is 0 Å². The van der Waals surface area contributed by atoms with E-state index in [0.29, 0.717) is 37.6 Å². The van der Waals surface area contributed by atoms with Crippen LogP contribution in [-0.4, -0.2) is 57.9 Å². The summed E-state index contributed by atoms with van der Waals surface area (Å²) in [6.45, 7) is 2.99. The Morgan fingerprint density at radius 2 is 2.00 bits per heavy atom. The number of nitrogens with zero attached hydrogens (tertiary/aromatic N) is 5. The molecule has 0 amide bonds. The summed E-state index contributed by atoms with van der Waals surface area (Å²) in [5.41, 5.74) is 1.97. The molecule has 0 atom stereocenters. The fourth-order valence-corrected chi connectivity index (χ4v) is 2.93. The van der Waals surface area contributed by atoms with E-state index in [1.165, 1.54) is 7.11 Å². The Labute approximate surface area is 162 Å². The fourth-order valence-electron chi connectivity index (χ4n) is 2.93. The monoisotopic (exact) mass is 385 g/mol. The number of aliphatic hydroxyl groups excluding tert-OH is 1. The number of aliphatic hydroxyl groups is 1. The molecule has 9 nitrogen and oxygen atoms in total. The largest absolute Gasteiger partial charge is 0.464 e. The molecule has 0 fully saturated rings. The zero-order valence-electron chi connectivity index (χ0n) is 15.9. The van der Waals surface area contributed by atoms with Crippen molar-refractivity contribution in [2.45, 2.75) is 19.8 Å². The molecule has 1 aromatic carbocycles. The minimum Gasteiger partial charge on any atom is -0.464 e. The van der Waals surface area contributed by atoms with E-state index in [1.807, 2.05) is 24.3 Å². The van der Waals surface area contributed by atoms with Gasteiger partial charge in [0.15, 0.2) is 11.6 Å². The van der Waals surface area contributed by atoms with Crippen LogP contribution in [0.25, 0.3) is 5.69 Å². The highest BCUT2D eigenvalue weighted by Crippen LogP contribution is 2.24. The van der Waals surface area contributed by atoms with Gasteiger partial charge >= 0.3 is 5.97 Å². The summed E-state index contributed by atoms with van der Waals surface area (Å²) >= 11 is 0. The van der Waals surface area contributed by atoms with Crippen LogP contribution in [0.4, 0.5) is 5.69 Å². The van der Waals surface area contributed by atoms with Crippen molar-refractivity contribution in [1.29, 1.82) is 0 Å². The van der Waals surface area contributed by atoms with E-state index < -0.39 is 5.97 Å². The lowest BCUT2D eigenvalue weighted by Crippen LogP contribution is -2.29. The standard InChI is InChI=1S/C19H23N5O4/c1-14-18(19(26)27-2)22-17(28-14)8-12-23(11-5-13-25)15-6-3-4-7-16(15)24-20-9-10-21-24/h3-4,6-7,9-10,25H,5,8,11-13H2,1-2H3. The fraction of sp³-hybridized carbons (Fsp3) is 0.368. The molecule has 148 valence electrons. The number of carbonyl (C=O) groups is 1. The molecule has 0 aliphatic rings. The Hall–Kier alpha value is -3.20. The van der Waals surface area contributed by atoms with Gasteiger partial charge in [0.1, 0.15) is 11.4 Å². The van der Waals surface area contributed by atoms with Crippen LogP contribution in [0.3, 0.4) is 0 Å². The van der Waals surface area contributed by atoms with Gasteiger partial charge in [-0.05, 0) is 25.5 Å². The van der Waals surface area contributed by atoms with Crippen LogP contribution in [0, 0.1) is 6.92 Å². The summed E-state index contributed by atoms with van der Waals surface area (Å²) in [4.78, 5) is 19.7. The van der Waals surface area contributed by atoms with Gasteiger partial charge < -0.3 is 19.2 Å². The lowest BCUT2D eigenvalue weighted by molar-refractivity contribution is 0.0593. The number of para-hydroxylation sites is 2. The van der Waals surface area contributed by atoms with Crippen LogP contribution in [0.2, 0.25) is 0 Å². The smallest absolute Gasteiger partial charge is 0.360 e. The maximum absolute atomic E-state index is 11.7. The molecule has 3 rings (SSSR count). The molecule has 1 N–H and O–H groups in total. The highest BCUT2D eigenvalue weighted by molar-refractivity contribution is 5.88. The first kappa shape index (κ1) is 19.6. The van der Waals surface area contributed by atoms with Gasteiger partial charge in [0.2, 0.25) is 0 Å². The van der Waals surface area contributed by atoms with Crippen LogP contribution in [-0.2, 0) is 11.2 Å². The van der Waals surface area contributed by atoms with Gasteiger partial charge in [0.25, 0.3) is 0 Å². The van der Waals surface area contributed by atoms with E-state index in [0.717, 1.165) is 11.4 Å². The Kier molecular flexibility index (Phi) is 6.38. The number of aromatic nitrogens is 4. The van der Waals surface area contributed by atoms with Crippen molar-refractivity contribution in [1.82, 2.24) is 20.0 Å². The molecule has 0 spiro atoms. The molecular formula is C19H23N5O4. The Balaban J connectivity index is 1.82. The number of benzene rings is 1. The third-order valence-corrected chi connectivity index (χ3v) is 4.26. The minimum atomic E-state index is -0.514. The second-order valence-corrected chi connectivity index (χ2v) is 6.13. The zero-order chi connectivity index (χ0) is 19.9. The van der Waals surface area contributed by atoms with E-state index >= 15 is 0 Å². The molecule has 2 heterocycles. The number of aryl methyl sites for hydroxylation is 1. The summed E-state index contributed by atoms with van der Waals surface area (Å²) in [6.07, 6.45) is 4.35. The molecule has 2 aromatic heterocycles. The first-order valence-electron chi connectivity index (χ1n) is 9.00. The van der Waals surface area contributed by atoms with Gasteiger partial charge in [-0.2, -0.15) is 10.2 Å². The predicted octanol–water partition coefficient (Wildman–Crippen LogP) is 1.78. The van der Waals surface area contributed by atoms with Crippen LogP contribution in [0.15, 0.2) is 41.1 Å². The predicted molar refractivity (Wildman–Crippen MR) is 102 cm³/mol. The van der Waals surface area contributed by atoms with Crippen LogP contribution in [0.5, 0.6) is 0 Å². The summed E-state index contributed by atoms with van der Waals surface area (Å²) in [7, 11) is 1.31. The second-order valence-electron chi connectivity index (χ2n) is 6.13. The first-order valence-corrected chi connectivity index (χ1v) is 9.00. The molecule has 0 radical (unpaired) electrons. The SMILES string of the molecule is COC(=O)c1nc(CCN(CCCO)c2ccccc2-n2nccn2)oc1C. The third kappa shape index (κ3) is 4.37. The number of anilines is 1. The molecule has 0 aliphatic carbocycles. The molecule has 9 heteroatoms. The van der Waals surface area contributed by atoms with Gasteiger partial charge in [0, 0.05) is 26.1 Å². The lowest BCUT2D eigenvalue weighted by Gasteiger charge is -2.26. The molecule has 28 heavy (non-hydrogen) atoms. The van der Waals surface area contributed by atoms with E-state index in [2.05, 4.69) is 20.1 Å². The quantitative estimate of drug-likeness (QED) is 0.556. The number of ether oxygens (including phenoxy) is 1. The molecular weight excluding hydrogens is 362 g/mol. The Bertz CT molecular complexity index is 907. The topological polar surface area (TPSA) is 107 Å². The van der Waals surface area contributed by atoms with Crippen LogP contribution < -0.4 is 4.90 Å². The molecule has 0 saturated heterocycles. The van der Waals surface area contributed by atoms with Crippen molar-refractivity contribution >= 4 is 11.7 Å².